The second-order valence-corrected chi connectivity index (χ2v) is 5.66. The highest BCUT2D eigenvalue weighted by atomic mass is 79.9. The molecule has 6 nitrogen and oxygen atoms in total. The minimum Gasteiger partial charge on any atom is -0.484 e. The molecule has 0 aliphatic heterocycles. The average molecular weight is 385 g/mol. The second kappa shape index (κ2) is 9.99. The number of carbonyl (C=O) groups excluding carboxylic acids is 2. The first-order chi connectivity index (χ1) is 11.0. The molecule has 0 aliphatic rings. The van der Waals surface area contributed by atoms with Gasteiger partial charge in [0.1, 0.15) is 5.75 Å². The Morgan fingerprint density at radius 3 is 2.48 bits per heavy atom. The van der Waals surface area contributed by atoms with Gasteiger partial charge in [0.2, 0.25) is 0 Å². The molecule has 0 saturated carbocycles. The Morgan fingerprint density at radius 2 is 1.91 bits per heavy atom. The van der Waals surface area contributed by atoms with Crippen LogP contribution < -0.4 is 10.2 Å². The summed E-state index contributed by atoms with van der Waals surface area (Å²) in [6, 6.07) is 7.14. The number of carbonyl (C=O) groups is 2. The zero-order valence-electron chi connectivity index (χ0n) is 13.5. The molecule has 23 heavy (non-hydrogen) atoms. The summed E-state index contributed by atoms with van der Waals surface area (Å²) in [6.07, 6.45) is 0.555. The lowest BCUT2D eigenvalue weighted by molar-refractivity contribution is -0.145. The fourth-order valence-corrected chi connectivity index (χ4v) is 2.08. The third-order valence-corrected chi connectivity index (χ3v) is 3.55. The lowest BCUT2D eigenvalue weighted by Crippen LogP contribution is -2.29. The van der Waals surface area contributed by atoms with Gasteiger partial charge in [0, 0.05) is 10.2 Å². The van der Waals surface area contributed by atoms with Crippen LogP contribution >= 0.6 is 15.9 Å². The third kappa shape index (κ3) is 6.81. The second-order valence-electron chi connectivity index (χ2n) is 4.74. The van der Waals surface area contributed by atoms with Gasteiger partial charge in [-0.2, -0.15) is 5.10 Å². The van der Waals surface area contributed by atoms with Crippen LogP contribution in [0, 0.1) is 5.92 Å². The van der Waals surface area contributed by atoms with Crippen LogP contribution in [0.3, 0.4) is 0 Å². The standard InChI is InChI=1S/C16H21BrN2O4/c1-4-14(16(21)22-5-2)11(3)18-19-15(20)10-23-13-8-6-12(17)7-9-13/h6-9,14H,4-5,10H2,1-3H3,(H,19,20)/b18-11+. The fourth-order valence-electron chi connectivity index (χ4n) is 1.82. The van der Waals surface area contributed by atoms with Crippen LogP contribution in [0.25, 0.3) is 0 Å². The van der Waals surface area contributed by atoms with E-state index in [0.717, 1.165) is 4.47 Å². The van der Waals surface area contributed by atoms with Gasteiger partial charge in [-0.05, 0) is 44.5 Å². The Labute approximate surface area is 144 Å². The zero-order chi connectivity index (χ0) is 17.2. The molecule has 0 aromatic heterocycles. The minimum absolute atomic E-state index is 0.158. The molecule has 1 N–H and O–H groups in total. The number of halogens is 1. The first-order valence-corrected chi connectivity index (χ1v) is 8.15. The molecule has 7 heteroatoms. The SMILES string of the molecule is CCOC(=O)C(CC)/C(C)=N/NC(=O)COc1ccc(Br)cc1. The molecule has 0 fully saturated rings. The van der Waals surface area contributed by atoms with E-state index >= 15 is 0 Å². The van der Waals surface area contributed by atoms with E-state index in [0.29, 0.717) is 24.5 Å². The number of amides is 1. The molecule has 0 heterocycles. The lowest BCUT2D eigenvalue weighted by Gasteiger charge is -2.13. The Hall–Kier alpha value is -1.89. The number of ether oxygens (including phenoxy) is 2. The molecule has 1 amide bonds. The molecule has 0 aliphatic carbocycles. The Bertz CT molecular complexity index is 558. The summed E-state index contributed by atoms with van der Waals surface area (Å²) in [6.45, 7) is 5.45. The summed E-state index contributed by atoms with van der Waals surface area (Å²) in [5.41, 5.74) is 2.89. The first kappa shape index (κ1) is 19.2. The molecule has 0 saturated heterocycles. The number of rotatable bonds is 8. The van der Waals surface area contributed by atoms with Crippen molar-refractivity contribution in [3.8, 4) is 5.75 Å². The number of benzene rings is 1. The van der Waals surface area contributed by atoms with Crippen LogP contribution in [-0.4, -0.2) is 30.8 Å². The normalized spacial score (nSPS) is 12.4. The number of hydrogen-bond donors (Lipinski definition) is 1. The van der Waals surface area contributed by atoms with E-state index in [2.05, 4.69) is 26.5 Å². The predicted molar refractivity (Wildman–Crippen MR) is 91.3 cm³/mol. The highest BCUT2D eigenvalue weighted by molar-refractivity contribution is 9.10. The smallest absolute Gasteiger partial charge is 0.314 e. The van der Waals surface area contributed by atoms with Gasteiger partial charge in [0.15, 0.2) is 6.61 Å². The van der Waals surface area contributed by atoms with E-state index in [1.165, 1.54) is 0 Å². The summed E-state index contributed by atoms with van der Waals surface area (Å²) >= 11 is 3.32. The summed E-state index contributed by atoms with van der Waals surface area (Å²) in [5, 5.41) is 3.95. The largest absolute Gasteiger partial charge is 0.484 e. The van der Waals surface area contributed by atoms with Gasteiger partial charge in [-0.3, -0.25) is 9.59 Å². The molecule has 0 bridgehead atoms. The minimum atomic E-state index is -0.456. The highest BCUT2D eigenvalue weighted by Crippen LogP contribution is 2.15. The fraction of sp³-hybridized carbons (Fsp3) is 0.438. The van der Waals surface area contributed by atoms with Crippen LogP contribution in [-0.2, 0) is 14.3 Å². The lowest BCUT2D eigenvalue weighted by atomic mass is 10.0. The zero-order valence-corrected chi connectivity index (χ0v) is 15.1. The van der Waals surface area contributed by atoms with Gasteiger partial charge < -0.3 is 9.47 Å². The molecule has 126 valence electrons. The average Bonchev–Trinajstić information content (AvgIpc) is 2.53. The Balaban J connectivity index is 2.49. The molecule has 1 unspecified atom stereocenters. The quantitative estimate of drug-likeness (QED) is 0.424. The van der Waals surface area contributed by atoms with Gasteiger partial charge >= 0.3 is 5.97 Å². The van der Waals surface area contributed by atoms with E-state index in [-0.39, 0.29) is 12.6 Å². The van der Waals surface area contributed by atoms with E-state index < -0.39 is 11.8 Å². The van der Waals surface area contributed by atoms with Crippen LogP contribution in [0.2, 0.25) is 0 Å². The van der Waals surface area contributed by atoms with Crippen molar-refractivity contribution < 1.29 is 19.1 Å². The van der Waals surface area contributed by atoms with Gasteiger partial charge in [-0.15, -0.1) is 0 Å². The molecule has 1 rings (SSSR count). The van der Waals surface area contributed by atoms with E-state index in [1.807, 2.05) is 19.1 Å². The maximum absolute atomic E-state index is 11.8. The number of hydrogen-bond acceptors (Lipinski definition) is 5. The third-order valence-electron chi connectivity index (χ3n) is 3.02. The number of nitrogens with one attached hydrogen (secondary N) is 1. The summed E-state index contributed by atoms with van der Waals surface area (Å²) in [4.78, 5) is 23.5. The number of esters is 1. The van der Waals surface area contributed by atoms with Crippen molar-refractivity contribution in [2.45, 2.75) is 27.2 Å². The Kier molecular flexibility index (Phi) is 8.32. The maximum atomic E-state index is 11.8. The summed E-state index contributed by atoms with van der Waals surface area (Å²) < 4.78 is 11.2. The predicted octanol–water partition coefficient (Wildman–Crippen LogP) is 2.91. The Morgan fingerprint density at radius 1 is 1.26 bits per heavy atom. The van der Waals surface area contributed by atoms with Crippen LogP contribution in [0.5, 0.6) is 5.75 Å². The molecule has 0 radical (unpaired) electrons. The first-order valence-electron chi connectivity index (χ1n) is 7.35. The van der Waals surface area contributed by atoms with Crippen molar-refractivity contribution in [1.82, 2.24) is 5.43 Å². The molecule has 1 aromatic rings. The number of hydrazone groups is 1. The molecule has 1 atom stereocenters. The van der Waals surface area contributed by atoms with Gasteiger partial charge in [-0.25, -0.2) is 5.43 Å². The van der Waals surface area contributed by atoms with Gasteiger partial charge in [0.25, 0.3) is 5.91 Å². The van der Waals surface area contributed by atoms with Crippen molar-refractivity contribution >= 4 is 33.5 Å². The van der Waals surface area contributed by atoms with Gasteiger partial charge in [-0.1, -0.05) is 22.9 Å². The monoisotopic (exact) mass is 384 g/mol. The van der Waals surface area contributed by atoms with Crippen molar-refractivity contribution in [3.05, 3.63) is 28.7 Å². The highest BCUT2D eigenvalue weighted by Gasteiger charge is 2.21. The summed E-state index contributed by atoms with van der Waals surface area (Å²) in [7, 11) is 0. The van der Waals surface area contributed by atoms with Crippen molar-refractivity contribution in [2.24, 2.45) is 11.0 Å². The van der Waals surface area contributed by atoms with E-state index in [1.54, 1.807) is 26.0 Å². The van der Waals surface area contributed by atoms with Gasteiger partial charge in [0.05, 0.1) is 12.5 Å². The maximum Gasteiger partial charge on any atom is 0.314 e. The van der Waals surface area contributed by atoms with Crippen LogP contribution in [0.4, 0.5) is 0 Å². The van der Waals surface area contributed by atoms with Crippen molar-refractivity contribution in [3.63, 3.8) is 0 Å². The molecule has 1 aromatic carbocycles. The van der Waals surface area contributed by atoms with Crippen LogP contribution in [0.15, 0.2) is 33.8 Å². The van der Waals surface area contributed by atoms with E-state index in [9.17, 15) is 9.59 Å². The number of nitrogens with zero attached hydrogens (tertiary/aromatic N) is 1. The molecular formula is C16H21BrN2O4. The topological polar surface area (TPSA) is 77.0 Å². The van der Waals surface area contributed by atoms with E-state index in [4.69, 9.17) is 9.47 Å². The molecule has 0 spiro atoms. The van der Waals surface area contributed by atoms with Crippen LogP contribution in [0.1, 0.15) is 27.2 Å². The van der Waals surface area contributed by atoms with Crippen molar-refractivity contribution in [1.29, 1.82) is 0 Å². The van der Waals surface area contributed by atoms with Crippen molar-refractivity contribution in [2.75, 3.05) is 13.2 Å². The molecular weight excluding hydrogens is 364 g/mol. The summed E-state index contributed by atoms with van der Waals surface area (Å²) in [5.74, 6) is -0.604.